The summed E-state index contributed by atoms with van der Waals surface area (Å²) in [5.41, 5.74) is 17.2. The molecule has 6 aromatic rings. The van der Waals surface area contributed by atoms with Crippen molar-refractivity contribution in [1.29, 1.82) is 10.5 Å². The Hall–Kier alpha value is -7.40. The third-order valence-electron chi connectivity index (χ3n) is 9.06. The van der Waals surface area contributed by atoms with Gasteiger partial charge in [-0.1, -0.05) is 0 Å². The smallest absolute Gasteiger partial charge is 0.251 e. The van der Waals surface area contributed by atoms with E-state index in [4.69, 9.17) is 30.4 Å². The second kappa shape index (κ2) is 18.0. The van der Waals surface area contributed by atoms with Crippen molar-refractivity contribution < 1.29 is 38.7 Å². The van der Waals surface area contributed by atoms with Crippen LogP contribution in [-0.4, -0.2) is 69.4 Å². The Morgan fingerprint density at radius 1 is 0.690 bits per heavy atom. The molecule has 0 fully saturated rings. The van der Waals surface area contributed by atoms with Crippen LogP contribution in [0, 0.1) is 36.5 Å². The molecule has 2 amide bonds. The van der Waals surface area contributed by atoms with Crippen LogP contribution in [0.1, 0.15) is 68.2 Å². The first kappa shape index (κ1) is 41.8. The van der Waals surface area contributed by atoms with Crippen molar-refractivity contribution in [1.82, 2.24) is 19.9 Å². The Kier molecular flexibility index (Phi) is 13.0. The first-order valence-electron chi connectivity index (χ1n) is 17.8. The molecule has 0 saturated heterocycles. The minimum atomic E-state index is -0.671. The summed E-state index contributed by atoms with van der Waals surface area (Å²) in [6.07, 6.45) is 2.98. The number of pyridine rings is 4. The van der Waals surface area contributed by atoms with Crippen LogP contribution in [0.4, 0.5) is 0 Å². The lowest BCUT2D eigenvalue weighted by molar-refractivity contribution is 0.0991. The van der Waals surface area contributed by atoms with Gasteiger partial charge < -0.3 is 40.6 Å². The van der Waals surface area contributed by atoms with E-state index in [-0.39, 0.29) is 36.1 Å². The third-order valence-corrected chi connectivity index (χ3v) is 9.06. The number of ether oxygens (including phenoxy) is 4. The van der Waals surface area contributed by atoms with Crippen molar-refractivity contribution in [2.75, 3.05) is 27.4 Å². The molecule has 58 heavy (non-hydrogen) atoms. The number of carbonyl (C=O) groups is 2. The molecule has 0 bridgehead atoms. The fourth-order valence-corrected chi connectivity index (χ4v) is 6.61. The number of hydrogen-bond acceptors (Lipinski definition) is 14. The fourth-order valence-electron chi connectivity index (χ4n) is 6.61. The number of methoxy groups -OCH3 is 2. The zero-order chi connectivity index (χ0) is 42.3. The number of amides is 2. The highest BCUT2D eigenvalue weighted by Crippen LogP contribution is 2.44. The lowest BCUT2D eigenvalue weighted by Crippen LogP contribution is -2.16. The van der Waals surface area contributed by atoms with E-state index in [0.29, 0.717) is 102 Å². The second-order valence-corrected chi connectivity index (χ2v) is 12.5. The molecule has 6 N–H and O–H groups in total. The first-order valence-corrected chi connectivity index (χ1v) is 17.8. The SMILES string of the molecule is CCOc1ncc(CO)c2nc(C)c(C(N)=O)c(-c3ccc(C#N)cc3OC)c12.CCOc1ncc(CO)c2nc(C)c(C(N)=O)c(-c3ccc(C#N)cc3OC)c12. The van der Waals surface area contributed by atoms with Crippen molar-refractivity contribution in [3.05, 3.63) is 93.6 Å². The standard InChI is InChI=1S/2C21H20N4O4/c2*1-4-29-21-18-17(14-6-5-12(8-22)7-15(14)28-3)16(20(23)27)11(2)25-19(18)13(10-26)9-24-21/h2*5-7,9,26H,4,10H2,1-3H3,(H2,23,27). The highest BCUT2D eigenvalue weighted by atomic mass is 16.5. The minimum Gasteiger partial charge on any atom is -0.496 e. The molecule has 0 saturated carbocycles. The van der Waals surface area contributed by atoms with E-state index in [0.717, 1.165) is 0 Å². The number of nitriles is 2. The Morgan fingerprint density at radius 3 is 1.36 bits per heavy atom. The molecule has 2 aromatic carbocycles. The molecule has 0 spiro atoms. The average Bonchev–Trinajstić information content (AvgIpc) is 3.22. The van der Waals surface area contributed by atoms with Gasteiger partial charge in [0.15, 0.2) is 0 Å². The van der Waals surface area contributed by atoms with E-state index in [9.17, 15) is 30.3 Å². The monoisotopic (exact) mass is 784 g/mol. The van der Waals surface area contributed by atoms with Gasteiger partial charge in [-0.3, -0.25) is 19.6 Å². The van der Waals surface area contributed by atoms with E-state index in [1.165, 1.54) is 26.6 Å². The zero-order valence-corrected chi connectivity index (χ0v) is 32.6. The van der Waals surface area contributed by atoms with Crippen LogP contribution in [0.3, 0.4) is 0 Å². The Bertz CT molecular complexity index is 2490. The summed E-state index contributed by atoms with van der Waals surface area (Å²) in [4.78, 5) is 42.4. The highest BCUT2D eigenvalue weighted by molar-refractivity contribution is 6.13. The van der Waals surface area contributed by atoms with E-state index in [1.54, 1.807) is 50.2 Å². The lowest BCUT2D eigenvalue weighted by atomic mass is 9.92. The number of carbonyl (C=O) groups excluding carboxylic acids is 2. The van der Waals surface area contributed by atoms with E-state index < -0.39 is 11.8 Å². The quantitative estimate of drug-likeness (QED) is 0.128. The van der Waals surface area contributed by atoms with Crippen molar-refractivity contribution in [3.63, 3.8) is 0 Å². The van der Waals surface area contributed by atoms with Crippen molar-refractivity contribution in [2.45, 2.75) is 40.9 Å². The Balaban J connectivity index is 0.000000221. The number of aliphatic hydroxyl groups is 2. The van der Waals surface area contributed by atoms with Gasteiger partial charge in [0.1, 0.15) is 11.5 Å². The molecule has 0 radical (unpaired) electrons. The van der Waals surface area contributed by atoms with Gasteiger partial charge in [-0.05, 0) is 64.1 Å². The molecule has 0 aliphatic carbocycles. The van der Waals surface area contributed by atoms with Crippen LogP contribution in [0.25, 0.3) is 44.1 Å². The molecular formula is C42H40N8O8. The number of primary amides is 2. The molecule has 16 nitrogen and oxygen atoms in total. The van der Waals surface area contributed by atoms with Crippen LogP contribution in [0.15, 0.2) is 48.8 Å². The molecule has 0 aliphatic heterocycles. The van der Waals surface area contributed by atoms with Crippen molar-refractivity contribution >= 4 is 33.6 Å². The van der Waals surface area contributed by atoms with Gasteiger partial charge in [0, 0.05) is 45.8 Å². The summed E-state index contributed by atoms with van der Waals surface area (Å²) < 4.78 is 22.4. The van der Waals surface area contributed by atoms with Gasteiger partial charge in [-0.25, -0.2) is 9.97 Å². The molecule has 16 heteroatoms. The molecular weight excluding hydrogens is 745 g/mol. The first-order chi connectivity index (χ1) is 27.9. The number of nitrogens with two attached hydrogens (primary N) is 2. The van der Waals surface area contributed by atoms with E-state index >= 15 is 0 Å². The molecule has 4 aromatic heterocycles. The average molecular weight is 785 g/mol. The fraction of sp³-hybridized carbons (Fsp3) is 0.238. The van der Waals surface area contributed by atoms with Crippen molar-refractivity contribution in [3.8, 4) is 57.7 Å². The Labute approximate surface area is 333 Å². The summed E-state index contributed by atoms with van der Waals surface area (Å²) in [5, 5.41) is 38.9. The maximum absolute atomic E-state index is 12.4. The predicted octanol–water partition coefficient (Wildman–Crippen LogP) is 4.95. The number of aryl methyl sites for hydroxylation is 2. The summed E-state index contributed by atoms with van der Waals surface area (Å²) in [6, 6.07) is 13.9. The van der Waals surface area contributed by atoms with Gasteiger partial charge in [0.05, 0.1) is 108 Å². The second-order valence-electron chi connectivity index (χ2n) is 12.5. The van der Waals surface area contributed by atoms with Crippen LogP contribution in [-0.2, 0) is 13.2 Å². The highest BCUT2D eigenvalue weighted by Gasteiger charge is 2.27. The van der Waals surface area contributed by atoms with Gasteiger partial charge in [0.25, 0.3) is 11.8 Å². The predicted molar refractivity (Wildman–Crippen MR) is 213 cm³/mol. The molecule has 0 aliphatic rings. The number of hydrogen-bond donors (Lipinski definition) is 4. The number of benzene rings is 2. The van der Waals surface area contributed by atoms with Gasteiger partial charge >= 0.3 is 0 Å². The molecule has 4 heterocycles. The maximum Gasteiger partial charge on any atom is 0.251 e. The topological polar surface area (TPSA) is 263 Å². The van der Waals surface area contributed by atoms with Crippen LogP contribution < -0.4 is 30.4 Å². The zero-order valence-electron chi connectivity index (χ0n) is 32.6. The largest absolute Gasteiger partial charge is 0.496 e. The molecule has 0 unspecified atom stereocenters. The number of fused-ring (bicyclic) bond motifs is 2. The molecule has 6 rings (SSSR count). The van der Waals surface area contributed by atoms with Crippen molar-refractivity contribution in [2.24, 2.45) is 11.5 Å². The minimum absolute atomic E-state index is 0.193. The maximum atomic E-state index is 12.4. The normalized spacial score (nSPS) is 10.6. The summed E-state index contributed by atoms with van der Waals surface area (Å²) in [5.74, 6) is -0.0526. The van der Waals surface area contributed by atoms with Crippen LogP contribution in [0.2, 0.25) is 0 Å². The molecule has 0 atom stereocenters. The number of nitrogens with zero attached hydrogens (tertiary/aromatic N) is 6. The van der Waals surface area contributed by atoms with Gasteiger partial charge in [-0.15, -0.1) is 0 Å². The number of aliphatic hydroxyl groups excluding tert-OH is 2. The molecule has 296 valence electrons. The van der Waals surface area contributed by atoms with Crippen LogP contribution in [0.5, 0.6) is 23.3 Å². The number of aromatic nitrogens is 4. The Morgan fingerprint density at radius 2 is 1.07 bits per heavy atom. The summed E-state index contributed by atoms with van der Waals surface area (Å²) in [7, 11) is 2.95. The van der Waals surface area contributed by atoms with Gasteiger partial charge in [0.2, 0.25) is 11.8 Å². The number of rotatable bonds is 12. The van der Waals surface area contributed by atoms with Gasteiger partial charge in [-0.2, -0.15) is 10.5 Å². The van der Waals surface area contributed by atoms with Crippen LogP contribution >= 0.6 is 0 Å². The van der Waals surface area contributed by atoms with E-state index in [2.05, 4.69) is 32.1 Å². The summed E-state index contributed by atoms with van der Waals surface area (Å²) >= 11 is 0. The third kappa shape index (κ3) is 7.83. The summed E-state index contributed by atoms with van der Waals surface area (Å²) in [6.45, 7) is 7.05. The lowest BCUT2D eigenvalue weighted by Gasteiger charge is -2.19. The van der Waals surface area contributed by atoms with E-state index in [1.807, 2.05) is 13.8 Å².